The van der Waals surface area contributed by atoms with Crippen molar-refractivity contribution in [1.82, 2.24) is 5.32 Å². The number of benzene rings is 1. The highest BCUT2D eigenvalue weighted by atomic mass is 16.6. The molecule has 0 atom stereocenters. The first-order valence-electron chi connectivity index (χ1n) is 7.16. The fourth-order valence-corrected chi connectivity index (χ4v) is 1.92. The van der Waals surface area contributed by atoms with Crippen molar-refractivity contribution >= 4 is 6.09 Å². The molecule has 0 aliphatic heterocycles. The van der Waals surface area contributed by atoms with E-state index in [0.29, 0.717) is 6.54 Å². The number of aryl methyl sites for hydroxylation is 1. The molecule has 3 N–H and O–H groups in total. The first-order valence-corrected chi connectivity index (χ1v) is 7.16. The monoisotopic (exact) mass is 278 g/mol. The molecule has 0 aromatic heterocycles. The van der Waals surface area contributed by atoms with Gasteiger partial charge < -0.3 is 15.8 Å². The summed E-state index contributed by atoms with van der Waals surface area (Å²) in [5, 5.41) is 2.80. The summed E-state index contributed by atoms with van der Waals surface area (Å²) in [6, 6.07) is 8.14. The number of carbonyl (C=O) groups is 1. The van der Waals surface area contributed by atoms with Gasteiger partial charge in [-0.25, -0.2) is 4.79 Å². The van der Waals surface area contributed by atoms with Crippen LogP contribution in [0.25, 0.3) is 0 Å². The molecule has 0 saturated carbocycles. The van der Waals surface area contributed by atoms with Gasteiger partial charge in [-0.1, -0.05) is 24.3 Å². The van der Waals surface area contributed by atoms with Gasteiger partial charge in [-0.2, -0.15) is 0 Å². The third-order valence-electron chi connectivity index (χ3n) is 2.84. The minimum atomic E-state index is -0.468. The standard InChI is InChI=1S/C16H26N2O2/c1-16(2,3)20-15(19)18-12-14-10-5-4-8-13(14)9-6-7-11-17/h4-5,8,10H,6-7,9,11-12,17H2,1-3H3,(H,18,19). The van der Waals surface area contributed by atoms with Crippen molar-refractivity contribution in [3.8, 4) is 0 Å². The van der Waals surface area contributed by atoms with Gasteiger partial charge in [0.1, 0.15) is 5.60 Å². The zero-order valence-electron chi connectivity index (χ0n) is 12.7. The van der Waals surface area contributed by atoms with E-state index in [1.807, 2.05) is 39.0 Å². The van der Waals surface area contributed by atoms with Crippen molar-refractivity contribution in [2.45, 2.75) is 52.2 Å². The Bertz CT molecular complexity index is 425. The van der Waals surface area contributed by atoms with Gasteiger partial charge in [-0.3, -0.25) is 0 Å². The number of unbranched alkanes of at least 4 members (excludes halogenated alkanes) is 1. The van der Waals surface area contributed by atoms with Gasteiger partial charge >= 0.3 is 6.09 Å². The topological polar surface area (TPSA) is 64.3 Å². The molecule has 0 spiro atoms. The summed E-state index contributed by atoms with van der Waals surface area (Å²) in [6.45, 7) is 6.78. The SMILES string of the molecule is CC(C)(C)OC(=O)NCc1ccccc1CCCCN. The first kappa shape index (κ1) is 16.5. The van der Waals surface area contributed by atoms with E-state index < -0.39 is 5.60 Å². The zero-order chi connectivity index (χ0) is 15.0. The Hall–Kier alpha value is -1.55. The van der Waals surface area contributed by atoms with E-state index in [4.69, 9.17) is 10.5 Å². The molecule has 0 saturated heterocycles. The van der Waals surface area contributed by atoms with Crippen LogP contribution in [-0.2, 0) is 17.7 Å². The van der Waals surface area contributed by atoms with Gasteiger partial charge in [0.05, 0.1) is 0 Å². The number of nitrogens with two attached hydrogens (primary N) is 1. The Morgan fingerprint density at radius 3 is 2.45 bits per heavy atom. The minimum absolute atomic E-state index is 0.380. The Kier molecular flexibility index (Phi) is 6.52. The molecule has 112 valence electrons. The lowest BCUT2D eigenvalue weighted by Crippen LogP contribution is -2.32. The van der Waals surface area contributed by atoms with E-state index in [2.05, 4.69) is 11.4 Å². The molecule has 4 heteroatoms. The number of carbonyl (C=O) groups excluding carboxylic acids is 1. The highest BCUT2D eigenvalue weighted by Gasteiger charge is 2.15. The number of rotatable bonds is 6. The van der Waals surface area contributed by atoms with Crippen LogP contribution in [0, 0.1) is 0 Å². The van der Waals surface area contributed by atoms with Crippen molar-refractivity contribution in [3.63, 3.8) is 0 Å². The van der Waals surface area contributed by atoms with Gasteiger partial charge in [0.15, 0.2) is 0 Å². The van der Waals surface area contributed by atoms with Gasteiger partial charge in [0.2, 0.25) is 0 Å². The van der Waals surface area contributed by atoms with E-state index in [1.165, 1.54) is 5.56 Å². The second-order valence-electron chi connectivity index (χ2n) is 5.87. The largest absolute Gasteiger partial charge is 0.444 e. The number of ether oxygens (including phenoxy) is 1. The van der Waals surface area contributed by atoms with Crippen LogP contribution in [0.2, 0.25) is 0 Å². The van der Waals surface area contributed by atoms with E-state index in [0.717, 1.165) is 31.4 Å². The number of nitrogens with one attached hydrogen (secondary N) is 1. The summed E-state index contributed by atoms with van der Waals surface area (Å²) in [5.74, 6) is 0. The molecule has 20 heavy (non-hydrogen) atoms. The highest BCUT2D eigenvalue weighted by molar-refractivity contribution is 5.67. The maximum absolute atomic E-state index is 11.7. The van der Waals surface area contributed by atoms with E-state index in [-0.39, 0.29) is 6.09 Å². The molecule has 0 bridgehead atoms. The van der Waals surface area contributed by atoms with Crippen LogP contribution in [0.1, 0.15) is 44.7 Å². The van der Waals surface area contributed by atoms with Crippen LogP contribution in [0.3, 0.4) is 0 Å². The third-order valence-corrected chi connectivity index (χ3v) is 2.84. The van der Waals surface area contributed by atoms with Crippen molar-refractivity contribution in [1.29, 1.82) is 0 Å². The van der Waals surface area contributed by atoms with E-state index in [9.17, 15) is 4.79 Å². The van der Waals surface area contributed by atoms with Gasteiger partial charge in [-0.05, 0) is 57.7 Å². The molecule has 0 radical (unpaired) electrons. The molecule has 0 fully saturated rings. The average Bonchev–Trinajstić information content (AvgIpc) is 2.36. The minimum Gasteiger partial charge on any atom is -0.444 e. The predicted molar refractivity (Wildman–Crippen MR) is 81.5 cm³/mol. The van der Waals surface area contributed by atoms with E-state index >= 15 is 0 Å². The summed E-state index contributed by atoms with van der Waals surface area (Å²) in [5.41, 5.74) is 7.44. The van der Waals surface area contributed by atoms with Crippen LogP contribution >= 0.6 is 0 Å². The third kappa shape index (κ3) is 6.57. The molecule has 0 aliphatic rings. The number of hydrogen-bond acceptors (Lipinski definition) is 3. The quantitative estimate of drug-likeness (QED) is 0.786. The molecule has 1 amide bonds. The van der Waals surface area contributed by atoms with Gasteiger partial charge in [0.25, 0.3) is 0 Å². The first-order chi connectivity index (χ1) is 9.42. The van der Waals surface area contributed by atoms with Gasteiger partial charge in [0, 0.05) is 6.54 Å². The van der Waals surface area contributed by atoms with Crippen molar-refractivity contribution in [3.05, 3.63) is 35.4 Å². The van der Waals surface area contributed by atoms with Crippen molar-refractivity contribution in [2.24, 2.45) is 5.73 Å². The summed E-state index contributed by atoms with van der Waals surface area (Å²) in [6.07, 6.45) is 2.70. The Balaban J connectivity index is 2.52. The Labute approximate surface area is 121 Å². The summed E-state index contributed by atoms with van der Waals surface area (Å²) >= 11 is 0. The molecule has 0 aliphatic carbocycles. The van der Waals surface area contributed by atoms with Crippen LogP contribution in [0.15, 0.2) is 24.3 Å². The molecular weight excluding hydrogens is 252 g/mol. The second kappa shape index (κ2) is 7.90. The molecule has 4 nitrogen and oxygen atoms in total. The Morgan fingerprint density at radius 2 is 1.85 bits per heavy atom. The maximum Gasteiger partial charge on any atom is 0.407 e. The lowest BCUT2D eigenvalue weighted by Gasteiger charge is -2.20. The molecular formula is C16H26N2O2. The van der Waals surface area contributed by atoms with Crippen LogP contribution in [-0.4, -0.2) is 18.2 Å². The summed E-state index contributed by atoms with van der Waals surface area (Å²) in [7, 11) is 0. The molecule has 1 aromatic rings. The second-order valence-corrected chi connectivity index (χ2v) is 5.87. The predicted octanol–water partition coefficient (Wildman–Crippen LogP) is 2.99. The van der Waals surface area contributed by atoms with Crippen LogP contribution in [0.5, 0.6) is 0 Å². The number of amides is 1. The fourth-order valence-electron chi connectivity index (χ4n) is 1.92. The fraction of sp³-hybridized carbons (Fsp3) is 0.562. The normalized spacial score (nSPS) is 11.2. The Morgan fingerprint density at radius 1 is 1.20 bits per heavy atom. The summed E-state index contributed by atoms with van der Waals surface area (Å²) in [4.78, 5) is 11.7. The van der Waals surface area contributed by atoms with Crippen molar-refractivity contribution < 1.29 is 9.53 Å². The highest BCUT2D eigenvalue weighted by Crippen LogP contribution is 2.12. The number of alkyl carbamates (subject to hydrolysis) is 1. The van der Waals surface area contributed by atoms with Crippen LogP contribution < -0.4 is 11.1 Å². The molecule has 1 aromatic carbocycles. The van der Waals surface area contributed by atoms with E-state index in [1.54, 1.807) is 0 Å². The lowest BCUT2D eigenvalue weighted by atomic mass is 10.0. The zero-order valence-corrected chi connectivity index (χ0v) is 12.7. The average molecular weight is 278 g/mol. The molecule has 0 unspecified atom stereocenters. The maximum atomic E-state index is 11.7. The van der Waals surface area contributed by atoms with Gasteiger partial charge in [-0.15, -0.1) is 0 Å². The lowest BCUT2D eigenvalue weighted by molar-refractivity contribution is 0.0523. The molecule has 1 rings (SSSR count). The van der Waals surface area contributed by atoms with Crippen molar-refractivity contribution in [2.75, 3.05) is 6.54 Å². The molecule has 0 heterocycles. The number of hydrogen-bond donors (Lipinski definition) is 2. The van der Waals surface area contributed by atoms with Crippen LogP contribution in [0.4, 0.5) is 4.79 Å². The summed E-state index contributed by atoms with van der Waals surface area (Å²) < 4.78 is 5.23. The smallest absolute Gasteiger partial charge is 0.407 e.